The molecule has 2 aromatic rings. The van der Waals surface area contributed by atoms with Crippen LogP contribution in [0, 0.1) is 33.1 Å². The second kappa shape index (κ2) is 7.93. The SMILES string of the molecule is Cc1nc([N+](=O)[O-])cn1CCC(=O)N(CC1CC1)c1ccc(Cl)c([N+](=O)[O-])c1. The fourth-order valence-electron chi connectivity index (χ4n) is 2.88. The van der Waals surface area contributed by atoms with Crippen molar-refractivity contribution in [1.29, 1.82) is 0 Å². The van der Waals surface area contributed by atoms with E-state index in [-0.39, 0.29) is 35.4 Å². The topological polar surface area (TPSA) is 124 Å². The van der Waals surface area contributed by atoms with E-state index in [1.807, 2.05) is 0 Å². The second-order valence-corrected chi connectivity index (χ2v) is 7.09. The number of benzene rings is 1. The van der Waals surface area contributed by atoms with Crippen LogP contribution in [0.25, 0.3) is 0 Å². The first-order valence-corrected chi connectivity index (χ1v) is 9.06. The molecule has 10 nitrogen and oxygen atoms in total. The number of imidazole rings is 1. The summed E-state index contributed by atoms with van der Waals surface area (Å²) in [6, 6.07) is 4.30. The third kappa shape index (κ3) is 4.45. The summed E-state index contributed by atoms with van der Waals surface area (Å²) in [6.45, 7) is 2.32. The van der Waals surface area contributed by atoms with Crippen LogP contribution in [0.1, 0.15) is 25.1 Å². The molecule has 28 heavy (non-hydrogen) atoms. The molecule has 1 aromatic heterocycles. The van der Waals surface area contributed by atoms with Crippen molar-refractivity contribution in [2.45, 2.75) is 32.7 Å². The van der Waals surface area contributed by atoms with Crippen molar-refractivity contribution in [1.82, 2.24) is 9.55 Å². The van der Waals surface area contributed by atoms with Gasteiger partial charge in [-0.05, 0) is 40.8 Å². The minimum Gasteiger partial charge on any atom is -0.358 e. The van der Waals surface area contributed by atoms with Gasteiger partial charge >= 0.3 is 5.82 Å². The molecular formula is C17H18ClN5O5. The maximum Gasteiger partial charge on any atom is 0.381 e. The number of halogens is 1. The van der Waals surface area contributed by atoms with Crippen LogP contribution >= 0.6 is 11.6 Å². The van der Waals surface area contributed by atoms with Gasteiger partial charge in [-0.2, -0.15) is 0 Å². The third-order valence-electron chi connectivity index (χ3n) is 4.59. The Labute approximate surface area is 165 Å². The molecule has 0 bridgehead atoms. The molecule has 148 valence electrons. The Hall–Kier alpha value is -3.01. The number of nitro benzene ring substituents is 1. The molecule has 1 fully saturated rings. The predicted octanol–water partition coefficient (Wildman–Crippen LogP) is 3.49. The van der Waals surface area contributed by atoms with Gasteiger partial charge in [0.15, 0.2) is 0 Å². The van der Waals surface area contributed by atoms with E-state index in [9.17, 15) is 25.0 Å². The van der Waals surface area contributed by atoms with Crippen molar-refractivity contribution in [3.05, 3.63) is 55.5 Å². The van der Waals surface area contributed by atoms with Crippen molar-refractivity contribution in [2.75, 3.05) is 11.4 Å². The summed E-state index contributed by atoms with van der Waals surface area (Å²) in [5.74, 6) is 0.317. The van der Waals surface area contributed by atoms with Crippen LogP contribution < -0.4 is 4.90 Å². The lowest BCUT2D eigenvalue weighted by atomic mass is 10.2. The van der Waals surface area contributed by atoms with Gasteiger partial charge in [-0.15, -0.1) is 0 Å². The first-order valence-electron chi connectivity index (χ1n) is 8.68. The number of nitro groups is 2. The van der Waals surface area contributed by atoms with Gasteiger partial charge in [0.1, 0.15) is 11.2 Å². The van der Waals surface area contributed by atoms with E-state index in [0.29, 0.717) is 24.0 Å². The average Bonchev–Trinajstić information content (AvgIpc) is 3.38. The molecule has 3 rings (SSSR count). The summed E-state index contributed by atoms with van der Waals surface area (Å²) >= 11 is 5.87. The largest absolute Gasteiger partial charge is 0.381 e. The summed E-state index contributed by atoms with van der Waals surface area (Å²) < 4.78 is 1.55. The average molecular weight is 408 g/mol. The third-order valence-corrected chi connectivity index (χ3v) is 4.91. The van der Waals surface area contributed by atoms with Gasteiger partial charge < -0.3 is 19.6 Å². The molecule has 1 aromatic carbocycles. The minimum absolute atomic E-state index is 0.00826. The van der Waals surface area contributed by atoms with Gasteiger partial charge in [-0.25, -0.2) is 0 Å². The Balaban J connectivity index is 1.78. The van der Waals surface area contributed by atoms with Crippen molar-refractivity contribution in [2.24, 2.45) is 5.92 Å². The summed E-state index contributed by atoms with van der Waals surface area (Å²) in [6.07, 6.45) is 3.39. The van der Waals surface area contributed by atoms with Crippen LogP contribution in [0.15, 0.2) is 24.4 Å². The van der Waals surface area contributed by atoms with Crippen molar-refractivity contribution < 1.29 is 14.6 Å². The zero-order chi connectivity index (χ0) is 20.4. The zero-order valence-electron chi connectivity index (χ0n) is 15.1. The fraction of sp³-hybridized carbons (Fsp3) is 0.412. The molecule has 1 heterocycles. The van der Waals surface area contributed by atoms with Crippen LogP contribution in [0.4, 0.5) is 17.2 Å². The minimum atomic E-state index is -0.586. The Bertz CT molecular complexity index is 940. The first kappa shape index (κ1) is 19.7. The number of aromatic nitrogens is 2. The molecule has 0 aliphatic heterocycles. The number of nitrogens with zero attached hydrogens (tertiary/aromatic N) is 5. The Morgan fingerprint density at radius 2 is 2.04 bits per heavy atom. The lowest BCUT2D eigenvalue weighted by Crippen LogP contribution is -2.33. The van der Waals surface area contributed by atoms with E-state index in [2.05, 4.69) is 4.98 Å². The molecule has 0 saturated heterocycles. The zero-order valence-corrected chi connectivity index (χ0v) is 15.8. The number of anilines is 1. The first-order chi connectivity index (χ1) is 13.3. The second-order valence-electron chi connectivity index (χ2n) is 6.69. The lowest BCUT2D eigenvalue weighted by molar-refractivity contribution is -0.389. The molecule has 0 spiro atoms. The van der Waals surface area contributed by atoms with E-state index in [4.69, 9.17) is 11.6 Å². The van der Waals surface area contributed by atoms with E-state index < -0.39 is 9.85 Å². The number of amides is 1. The van der Waals surface area contributed by atoms with Crippen molar-refractivity contribution in [3.8, 4) is 0 Å². The molecule has 0 unspecified atom stereocenters. The number of aryl methyl sites for hydroxylation is 2. The van der Waals surface area contributed by atoms with Crippen LogP contribution in [0.3, 0.4) is 0 Å². The van der Waals surface area contributed by atoms with E-state index in [0.717, 1.165) is 12.8 Å². The maximum absolute atomic E-state index is 12.9. The number of carbonyl (C=O) groups is 1. The number of carbonyl (C=O) groups excluding carboxylic acids is 1. The molecule has 1 amide bonds. The normalized spacial score (nSPS) is 13.4. The predicted molar refractivity (Wildman–Crippen MR) is 101 cm³/mol. The molecule has 11 heteroatoms. The highest BCUT2D eigenvalue weighted by Gasteiger charge is 2.29. The fourth-order valence-corrected chi connectivity index (χ4v) is 3.06. The Morgan fingerprint density at radius 3 is 2.61 bits per heavy atom. The molecule has 0 radical (unpaired) electrons. The smallest absolute Gasteiger partial charge is 0.358 e. The van der Waals surface area contributed by atoms with Gasteiger partial charge in [-0.3, -0.25) is 14.9 Å². The van der Waals surface area contributed by atoms with Gasteiger partial charge in [0.05, 0.1) is 10.6 Å². The summed E-state index contributed by atoms with van der Waals surface area (Å²) in [7, 11) is 0. The van der Waals surface area contributed by atoms with Gasteiger partial charge in [0, 0.05) is 32.5 Å². The summed E-state index contributed by atoms with van der Waals surface area (Å²) in [4.78, 5) is 39.0. The van der Waals surface area contributed by atoms with Gasteiger partial charge in [0.25, 0.3) is 5.69 Å². The number of hydrogen-bond donors (Lipinski definition) is 0. The highest BCUT2D eigenvalue weighted by Crippen LogP contribution is 2.34. The van der Waals surface area contributed by atoms with E-state index in [1.165, 1.54) is 23.2 Å². The van der Waals surface area contributed by atoms with Gasteiger partial charge in [0.2, 0.25) is 11.7 Å². The van der Waals surface area contributed by atoms with Crippen molar-refractivity contribution in [3.63, 3.8) is 0 Å². The number of hydrogen-bond acceptors (Lipinski definition) is 6. The quantitative estimate of drug-likeness (QED) is 0.487. The standard InChI is InChI=1S/C17H18ClN5O5/c1-11-19-16(23(27)28)10-20(11)7-6-17(24)21(9-12-2-3-12)13-4-5-14(18)15(8-13)22(25)26/h4-5,8,10,12H,2-3,6-7,9H2,1H3. The van der Waals surface area contributed by atoms with Crippen LogP contribution in [-0.4, -0.2) is 31.8 Å². The Morgan fingerprint density at radius 1 is 1.32 bits per heavy atom. The molecule has 1 aliphatic rings. The monoisotopic (exact) mass is 407 g/mol. The Kier molecular flexibility index (Phi) is 5.59. The highest BCUT2D eigenvalue weighted by atomic mass is 35.5. The summed E-state index contributed by atoms with van der Waals surface area (Å²) in [5.41, 5.74) is 0.162. The van der Waals surface area contributed by atoms with Gasteiger partial charge in [-0.1, -0.05) is 11.6 Å². The molecule has 1 aliphatic carbocycles. The molecule has 0 atom stereocenters. The number of rotatable bonds is 8. The van der Waals surface area contributed by atoms with Crippen LogP contribution in [-0.2, 0) is 11.3 Å². The molecule has 0 N–H and O–H groups in total. The van der Waals surface area contributed by atoms with Crippen LogP contribution in [0.2, 0.25) is 5.02 Å². The van der Waals surface area contributed by atoms with Crippen molar-refractivity contribution >= 4 is 34.7 Å². The lowest BCUT2D eigenvalue weighted by Gasteiger charge is -2.23. The van der Waals surface area contributed by atoms with Crippen LogP contribution in [0.5, 0.6) is 0 Å². The summed E-state index contributed by atoms with van der Waals surface area (Å²) in [5, 5.41) is 22.0. The van der Waals surface area contributed by atoms with E-state index >= 15 is 0 Å². The highest BCUT2D eigenvalue weighted by molar-refractivity contribution is 6.32. The molecule has 1 saturated carbocycles. The van der Waals surface area contributed by atoms with E-state index in [1.54, 1.807) is 17.6 Å². The molecular weight excluding hydrogens is 390 g/mol. The maximum atomic E-state index is 12.9.